The van der Waals surface area contributed by atoms with Gasteiger partial charge >= 0.3 is 0 Å². The van der Waals surface area contributed by atoms with E-state index >= 15 is 0 Å². The molecule has 1 N–H and O–H groups in total. The highest BCUT2D eigenvalue weighted by molar-refractivity contribution is 7.92. The molecule has 2 aromatic carbocycles. The largest absolute Gasteiger partial charge is 0.491 e. The topological polar surface area (TPSA) is 75.7 Å². The maximum absolute atomic E-state index is 12.3. The van der Waals surface area contributed by atoms with E-state index in [9.17, 15) is 13.2 Å². The van der Waals surface area contributed by atoms with E-state index in [4.69, 9.17) is 4.74 Å². The molecule has 0 fully saturated rings. The van der Waals surface area contributed by atoms with Crippen molar-refractivity contribution < 1.29 is 17.9 Å². The Hall–Kier alpha value is -2.54. The Bertz CT molecular complexity index is 907. The van der Waals surface area contributed by atoms with Crippen molar-refractivity contribution in [2.24, 2.45) is 0 Å². The average Bonchev–Trinajstić information content (AvgIpc) is 2.69. The molecule has 0 radical (unpaired) electrons. The Morgan fingerprint density at radius 2 is 1.63 bits per heavy atom. The Morgan fingerprint density at radius 3 is 2.17 bits per heavy atom. The fourth-order valence-corrected chi connectivity index (χ4v) is 3.87. The lowest BCUT2D eigenvalue weighted by molar-refractivity contribution is -0.119. The first-order chi connectivity index (χ1) is 14.2. The molecule has 0 heterocycles. The summed E-state index contributed by atoms with van der Waals surface area (Å²) in [6.45, 7) is 6.26. The van der Waals surface area contributed by atoms with Crippen LogP contribution >= 0.6 is 0 Å². The Kier molecular flexibility index (Phi) is 8.72. The standard InChI is InChI=1S/C23H32N2O4S/c1-5-19-8-12-21(13-9-19)25(30(4,27)28)17-23(26)24-16-6-7-20-10-14-22(15-11-20)29-18(2)3/h8-15,18H,5-7,16-17H2,1-4H3,(H,24,26). The zero-order valence-corrected chi connectivity index (χ0v) is 19.0. The molecule has 6 nitrogen and oxygen atoms in total. The van der Waals surface area contributed by atoms with Gasteiger partial charge in [-0.15, -0.1) is 0 Å². The molecule has 0 aliphatic carbocycles. The van der Waals surface area contributed by atoms with Gasteiger partial charge in [-0.2, -0.15) is 0 Å². The van der Waals surface area contributed by atoms with E-state index in [2.05, 4.69) is 5.32 Å². The van der Waals surface area contributed by atoms with Crippen molar-refractivity contribution in [1.82, 2.24) is 5.32 Å². The SMILES string of the molecule is CCc1ccc(N(CC(=O)NCCCc2ccc(OC(C)C)cc2)S(C)(=O)=O)cc1. The van der Waals surface area contributed by atoms with Gasteiger partial charge in [0.05, 0.1) is 18.0 Å². The molecule has 0 saturated carbocycles. The van der Waals surface area contributed by atoms with Crippen molar-refractivity contribution in [3.8, 4) is 5.75 Å². The number of amides is 1. The predicted molar refractivity (Wildman–Crippen MR) is 122 cm³/mol. The van der Waals surface area contributed by atoms with E-state index in [1.807, 2.05) is 57.2 Å². The lowest BCUT2D eigenvalue weighted by Crippen LogP contribution is -2.40. The molecular weight excluding hydrogens is 400 g/mol. The monoisotopic (exact) mass is 432 g/mol. The maximum atomic E-state index is 12.3. The molecule has 164 valence electrons. The summed E-state index contributed by atoms with van der Waals surface area (Å²) in [5, 5.41) is 2.82. The Balaban J connectivity index is 1.84. The van der Waals surface area contributed by atoms with Gasteiger partial charge in [0.15, 0.2) is 0 Å². The Morgan fingerprint density at radius 1 is 1.03 bits per heavy atom. The minimum Gasteiger partial charge on any atom is -0.491 e. The fourth-order valence-electron chi connectivity index (χ4n) is 3.01. The number of aryl methyl sites for hydroxylation is 2. The number of carbonyl (C=O) groups is 1. The van der Waals surface area contributed by atoms with Crippen LogP contribution in [-0.4, -0.2) is 39.8 Å². The first kappa shape index (κ1) is 23.7. The van der Waals surface area contributed by atoms with Crippen LogP contribution in [0.25, 0.3) is 0 Å². The van der Waals surface area contributed by atoms with Crippen LogP contribution in [0.5, 0.6) is 5.75 Å². The fraction of sp³-hybridized carbons (Fsp3) is 0.435. The van der Waals surface area contributed by atoms with E-state index in [0.717, 1.165) is 46.7 Å². The zero-order chi connectivity index (χ0) is 22.1. The molecule has 0 saturated heterocycles. The number of nitrogens with zero attached hydrogens (tertiary/aromatic N) is 1. The third-order valence-electron chi connectivity index (χ3n) is 4.58. The number of sulfonamides is 1. The maximum Gasteiger partial charge on any atom is 0.240 e. The summed E-state index contributed by atoms with van der Waals surface area (Å²) in [5.74, 6) is 0.524. The van der Waals surface area contributed by atoms with Crippen molar-refractivity contribution in [3.63, 3.8) is 0 Å². The van der Waals surface area contributed by atoms with Crippen LogP contribution in [0.4, 0.5) is 5.69 Å². The van der Waals surface area contributed by atoms with Gasteiger partial charge in [-0.25, -0.2) is 8.42 Å². The number of carbonyl (C=O) groups excluding carboxylic acids is 1. The number of hydrogen-bond donors (Lipinski definition) is 1. The third-order valence-corrected chi connectivity index (χ3v) is 5.72. The van der Waals surface area contributed by atoms with Crippen molar-refractivity contribution in [2.75, 3.05) is 23.7 Å². The van der Waals surface area contributed by atoms with Crippen LogP contribution < -0.4 is 14.4 Å². The first-order valence-electron chi connectivity index (χ1n) is 10.3. The van der Waals surface area contributed by atoms with Gasteiger partial charge < -0.3 is 10.1 Å². The molecule has 0 aliphatic heterocycles. The van der Waals surface area contributed by atoms with Gasteiger partial charge in [0, 0.05) is 6.54 Å². The van der Waals surface area contributed by atoms with E-state index in [-0.39, 0.29) is 18.6 Å². The second kappa shape index (κ2) is 11.0. The van der Waals surface area contributed by atoms with Gasteiger partial charge in [-0.3, -0.25) is 9.10 Å². The van der Waals surface area contributed by atoms with E-state index in [1.165, 1.54) is 0 Å². The summed E-state index contributed by atoms with van der Waals surface area (Å²) >= 11 is 0. The van der Waals surface area contributed by atoms with Gasteiger partial charge in [0.25, 0.3) is 0 Å². The summed E-state index contributed by atoms with van der Waals surface area (Å²) in [6.07, 6.45) is 3.70. The summed E-state index contributed by atoms with van der Waals surface area (Å²) in [6, 6.07) is 15.2. The van der Waals surface area contributed by atoms with Gasteiger partial charge in [0.2, 0.25) is 15.9 Å². The van der Waals surface area contributed by atoms with Crippen LogP contribution in [0.3, 0.4) is 0 Å². The normalized spacial score (nSPS) is 11.4. The molecule has 0 aromatic heterocycles. The van der Waals surface area contributed by atoms with Crippen LogP contribution in [0.2, 0.25) is 0 Å². The smallest absolute Gasteiger partial charge is 0.240 e. The third kappa shape index (κ3) is 7.71. The summed E-state index contributed by atoms with van der Waals surface area (Å²) < 4.78 is 31.1. The molecule has 0 bridgehead atoms. The first-order valence-corrected chi connectivity index (χ1v) is 12.1. The van der Waals surface area contributed by atoms with Gasteiger partial charge in [0.1, 0.15) is 12.3 Å². The van der Waals surface area contributed by atoms with Crippen LogP contribution in [0.1, 0.15) is 38.3 Å². The number of ether oxygens (including phenoxy) is 1. The number of hydrogen-bond acceptors (Lipinski definition) is 4. The summed E-state index contributed by atoms with van der Waals surface area (Å²) in [4.78, 5) is 12.3. The number of benzene rings is 2. The molecule has 2 rings (SSSR count). The lowest BCUT2D eigenvalue weighted by Gasteiger charge is -2.22. The second-order valence-electron chi connectivity index (χ2n) is 7.55. The van der Waals surface area contributed by atoms with Crippen molar-refractivity contribution in [3.05, 3.63) is 59.7 Å². The van der Waals surface area contributed by atoms with E-state index in [0.29, 0.717) is 12.2 Å². The lowest BCUT2D eigenvalue weighted by atomic mass is 10.1. The molecule has 30 heavy (non-hydrogen) atoms. The molecule has 2 aromatic rings. The molecule has 0 spiro atoms. The second-order valence-corrected chi connectivity index (χ2v) is 9.46. The van der Waals surface area contributed by atoms with E-state index in [1.54, 1.807) is 12.1 Å². The van der Waals surface area contributed by atoms with Crippen LogP contribution in [0, 0.1) is 0 Å². The van der Waals surface area contributed by atoms with Gasteiger partial charge in [-0.1, -0.05) is 31.2 Å². The zero-order valence-electron chi connectivity index (χ0n) is 18.2. The molecule has 0 atom stereocenters. The van der Waals surface area contributed by atoms with Crippen molar-refractivity contribution in [2.45, 2.75) is 46.1 Å². The summed E-state index contributed by atoms with van der Waals surface area (Å²) in [7, 11) is -3.56. The summed E-state index contributed by atoms with van der Waals surface area (Å²) in [5.41, 5.74) is 2.77. The van der Waals surface area contributed by atoms with Gasteiger partial charge in [-0.05, 0) is 68.5 Å². The predicted octanol–water partition coefficient (Wildman–Crippen LogP) is 3.55. The number of nitrogens with one attached hydrogen (secondary N) is 1. The van der Waals surface area contributed by atoms with Crippen molar-refractivity contribution >= 4 is 21.6 Å². The quantitative estimate of drug-likeness (QED) is 0.551. The molecule has 0 unspecified atom stereocenters. The minimum absolute atomic E-state index is 0.141. The number of rotatable bonds is 11. The molecule has 0 aliphatic rings. The van der Waals surface area contributed by atoms with Crippen LogP contribution in [-0.2, 0) is 27.7 Å². The van der Waals surface area contributed by atoms with Crippen molar-refractivity contribution in [1.29, 1.82) is 0 Å². The molecular formula is C23H32N2O4S. The highest BCUT2D eigenvalue weighted by Gasteiger charge is 2.20. The number of anilines is 1. The molecule has 7 heteroatoms. The minimum atomic E-state index is -3.56. The Labute approximate surface area is 180 Å². The molecule has 1 amide bonds. The highest BCUT2D eigenvalue weighted by atomic mass is 32.2. The average molecular weight is 433 g/mol. The highest BCUT2D eigenvalue weighted by Crippen LogP contribution is 2.18. The van der Waals surface area contributed by atoms with Crippen LogP contribution in [0.15, 0.2) is 48.5 Å². The van der Waals surface area contributed by atoms with E-state index < -0.39 is 10.0 Å².